The van der Waals surface area contributed by atoms with Crippen LogP contribution in [-0.2, 0) is 19.6 Å². The lowest BCUT2D eigenvalue weighted by molar-refractivity contribution is -0.154. The van der Waals surface area contributed by atoms with Gasteiger partial charge in [0.1, 0.15) is 16.3 Å². The average Bonchev–Trinajstić information content (AvgIpc) is 2.32. The maximum Gasteiger partial charge on any atom is 0.306 e. The molecule has 0 unspecified atom stereocenters. The summed E-state index contributed by atoms with van der Waals surface area (Å²) < 4.78 is 44.3. The summed E-state index contributed by atoms with van der Waals surface area (Å²) in [4.78, 5) is 11.3. The molecule has 0 saturated heterocycles. The van der Waals surface area contributed by atoms with Crippen molar-refractivity contribution >= 4 is 27.6 Å². The lowest BCUT2D eigenvalue weighted by atomic mass is 10.2. The molecular weight excluding hydrogens is 333 g/mol. The summed E-state index contributed by atoms with van der Waals surface area (Å²) in [7, 11) is -3.84. The van der Waals surface area contributed by atoms with E-state index in [2.05, 4.69) is 4.72 Å². The molecule has 1 aromatic rings. The number of rotatable bonds is 6. The molecular formula is C14H19ClFNO4S. The van der Waals surface area contributed by atoms with E-state index in [-0.39, 0.29) is 29.3 Å². The van der Waals surface area contributed by atoms with Gasteiger partial charge in [0.05, 0.1) is 5.02 Å². The van der Waals surface area contributed by atoms with E-state index in [4.69, 9.17) is 16.3 Å². The number of hydrogen-bond donors (Lipinski definition) is 1. The van der Waals surface area contributed by atoms with Gasteiger partial charge in [0.25, 0.3) is 0 Å². The zero-order chi connectivity index (χ0) is 17.0. The Bertz CT molecular complexity index is 641. The Morgan fingerprint density at radius 2 is 2.00 bits per heavy atom. The van der Waals surface area contributed by atoms with Gasteiger partial charge in [-0.05, 0) is 45.4 Å². The predicted octanol–water partition coefficient (Wildman–Crippen LogP) is 2.88. The first-order chi connectivity index (χ1) is 10.0. The van der Waals surface area contributed by atoms with Crippen molar-refractivity contribution in [3.8, 4) is 0 Å². The maximum absolute atomic E-state index is 12.9. The third kappa shape index (κ3) is 6.29. The summed E-state index contributed by atoms with van der Waals surface area (Å²) in [6.45, 7) is 5.31. The van der Waals surface area contributed by atoms with Crippen LogP contribution in [0.3, 0.4) is 0 Å². The fourth-order valence-corrected chi connectivity index (χ4v) is 3.21. The van der Waals surface area contributed by atoms with Crippen molar-refractivity contribution in [2.24, 2.45) is 0 Å². The van der Waals surface area contributed by atoms with Crippen LogP contribution in [0.2, 0.25) is 5.02 Å². The first kappa shape index (κ1) is 18.9. The minimum Gasteiger partial charge on any atom is -0.460 e. The largest absolute Gasteiger partial charge is 0.460 e. The van der Waals surface area contributed by atoms with Crippen molar-refractivity contribution < 1.29 is 22.3 Å². The Labute approximate surface area is 134 Å². The first-order valence-electron chi connectivity index (χ1n) is 6.68. The monoisotopic (exact) mass is 351 g/mol. The van der Waals surface area contributed by atoms with Gasteiger partial charge < -0.3 is 4.74 Å². The molecule has 1 aromatic carbocycles. The molecule has 124 valence electrons. The molecule has 0 heterocycles. The highest BCUT2D eigenvalue weighted by molar-refractivity contribution is 7.89. The number of hydrogen-bond acceptors (Lipinski definition) is 4. The summed E-state index contributed by atoms with van der Waals surface area (Å²) in [5.41, 5.74) is -0.571. The van der Waals surface area contributed by atoms with E-state index in [1.165, 1.54) is 0 Å². The summed E-state index contributed by atoms with van der Waals surface area (Å²) in [5.74, 6) is -1.01. The summed E-state index contributed by atoms with van der Waals surface area (Å²) in [5, 5.41) is -0.195. The normalized spacial score (nSPS) is 12.2. The number of benzene rings is 1. The average molecular weight is 352 g/mol. The number of halogens is 2. The summed E-state index contributed by atoms with van der Waals surface area (Å²) in [6.07, 6.45) is 0.379. The number of ether oxygens (including phenoxy) is 1. The predicted molar refractivity (Wildman–Crippen MR) is 81.7 cm³/mol. The van der Waals surface area contributed by atoms with Gasteiger partial charge in [0, 0.05) is 13.0 Å². The Morgan fingerprint density at radius 3 is 2.55 bits per heavy atom. The molecule has 0 radical (unpaired) electrons. The van der Waals surface area contributed by atoms with Crippen molar-refractivity contribution in [2.45, 2.75) is 44.1 Å². The molecule has 0 aliphatic carbocycles. The van der Waals surface area contributed by atoms with Crippen molar-refractivity contribution in [3.63, 3.8) is 0 Å². The van der Waals surface area contributed by atoms with Crippen LogP contribution < -0.4 is 4.72 Å². The molecule has 5 nitrogen and oxygen atoms in total. The highest BCUT2D eigenvalue weighted by atomic mass is 35.5. The summed E-state index contributed by atoms with van der Waals surface area (Å²) >= 11 is 5.72. The maximum atomic E-state index is 12.9. The van der Waals surface area contributed by atoms with E-state index in [1.54, 1.807) is 20.8 Å². The van der Waals surface area contributed by atoms with Crippen LogP contribution in [0.4, 0.5) is 4.39 Å². The molecule has 0 aromatic heterocycles. The summed E-state index contributed by atoms with van der Waals surface area (Å²) in [6, 6.07) is 3.03. The number of esters is 1. The van der Waals surface area contributed by atoms with Crippen LogP contribution >= 0.6 is 11.6 Å². The van der Waals surface area contributed by atoms with Gasteiger partial charge in [0.2, 0.25) is 10.0 Å². The van der Waals surface area contributed by atoms with Gasteiger partial charge >= 0.3 is 5.97 Å². The topological polar surface area (TPSA) is 72.5 Å². The van der Waals surface area contributed by atoms with E-state index >= 15 is 0 Å². The van der Waals surface area contributed by atoms with E-state index in [9.17, 15) is 17.6 Å². The van der Waals surface area contributed by atoms with Crippen LogP contribution in [0, 0.1) is 5.82 Å². The van der Waals surface area contributed by atoms with E-state index < -0.39 is 27.4 Å². The Balaban J connectivity index is 2.52. The van der Waals surface area contributed by atoms with Gasteiger partial charge in [0.15, 0.2) is 0 Å². The van der Waals surface area contributed by atoms with E-state index in [1.807, 2.05) is 0 Å². The zero-order valence-corrected chi connectivity index (χ0v) is 14.2. The van der Waals surface area contributed by atoms with Crippen molar-refractivity contribution in [2.75, 3.05) is 6.54 Å². The molecule has 1 N–H and O–H groups in total. The van der Waals surface area contributed by atoms with E-state index in [0.29, 0.717) is 0 Å². The Morgan fingerprint density at radius 1 is 1.36 bits per heavy atom. The molecule has 22 heavy (non-hydrogen) atoms. The third-order valence-corrected chi connectivity index (χ3v) is 4.40. The smallest absolute Gasteiger partial charge is 0.306 e. The standard InChI is InChI=1S/C14H19ClFNO4S/c1-14(2,3)21-13(18)5-4-8-17-22(19,20)12-7-6-10(16)9-11(12)15/h6-7,9,17H,4-5,8H2,1-3H3. The highest BCUT2D eigenvalue weighted by Gasteiger charge is 2.19. The van der Waals surface area contributed by atoms with Crippen LogP contribution in [0.1, 0.15) is 33.6 Å². The molecule has 0 amide bonds. The quantitative estimate of drug-likeness (QED) is 0.631. The minimum atomic E-state index is -3.84. The van der Waals surface area contributed by atoms with Crippen LogP contribution in [-0.4, -0.2) is 26.5 Å². The van der Waals surface area contributed by atoms with Crippen molar-refractivity contribution in [1.29, 1.82) is 0 Å². The van der Waals surface area contributed by atoms with Crippen molar-refractivity contribution in [1.82, 2.24) is 4.72 Å². The fourth-order valence-electron chi connectivity index (χ4n) is 1.60. The second-order valence-corrected chi connectivity index (χ2v) is 7.81. The SMILES string of the molecule is CC(C)(C)OC(=O)CCCNS(=O)(=O)c1ccc(F)cc1Cl. The molecule has 8 heteroatoms. The number of carbonyl (C=O) groups is 1. The molecule has 0 bridgehead atoms. The third-order valence-electron chi connectivity index (χ3n) is 2.45. The van der Waals surface area contributed by atoms with Crippen LogP contribution in [0.25, 0.3) is 0 Å². The second-order valence-electron chi connectivity index (χ2n) is 5.66. The fraction of sp³-hybridized carbons (Fsp3) is 0.500. The zero-order valence-electron chi connectivity index (χ0n) is 12.7. The highest BCUT2D eigenvalue weighted by Crippen LogP contribution is 2.21. The van der Waals surface area contributed by atoms with Gasteiger partial charge in [-0.15, -0.1) is 0 Å². The number of carbonyl (C=O) groups excluding carboxylic acids is 1. The first-order valence-corrected chi connectivity index (χ1v) is 8.54. The molecule has 0 saturated carbocycles. The van der Waals surface area contributed by atoms with E-state index in [0.717, 1.165) is 18.2 Å². The number of nitrogens with one attached hydrogen (secondary N) is 1. The lowest BCUT2D eigenvalue weighted by Gasteiger charge is -2.19. The van der Waals surface area contributed by atoms with Gasteiger partial charge in [-0.1, -0.05) is 11.6 Å². The molecule has 0 aliphatic heterocycles. The molecule has 0 spiro atoms. The molecule has 0 aliphatic rings. The van der Waals surface area contributed by atoms with Gasteiger partial charge in [-0.3, -0.25) is 4.79 Å². The van der Waals surface area contributed by atoms with Crippen LogP contribution in [0.5, 0.6) is 0 Å². The molecule has 1 rings (SSSR count). The van der Waals surface area contributed by atoms with Crippen LogP contribution in [0.15, 0.2) is 23.1 Å². The minimum absolute atomic E-state index is 0.0509. The van der Waals surface area contributed by atoms with Gasteiger partial charge in [-0.2, -0.15) is 0 Å². The Hall–Kier alpha value is -1.18. The lowest BCUT2D eigenvalue weighted by Crippen LogP contribution is -2.27. The van der Waals surface area contributed by atoms with Crippen molar-refractivity contribution in [3.05, 3.63) is 29.0 Å². The Kier molecular flexibility index (Phi) is 6.34. The molecule has 0 fully saturated rings. The number of sulfonamides is 1. The second kappa shape index (κ2) is 7.39. The van der Waals surface area contributed by atoms with Gasteiger partial charge in [-0.25, -0.2) is 17.5 Å². The molecule has 0 atom stereocenters.